The van der Waals surface area contributed by atoms with E-state index in [9.17, 15) is 5.11 Å². The van der Waals surface area contributed by atoms with E-state index in [0.717, 1.165) is 44.5 Å². The number of hydrogen-bond donors (Lipinski definition) is 2. The minimum atomic E-state index is -0.474. The van der Waals surface area contributed by atoms with Crippen LogP contribution in [0, 0.1) is 0 Å². The van der Waals surface area contributed by atoms with Gasteiger partial charge in [0.1, 0.15) is 0 Å². The van der Waals surface area contributed by atoms with E-state index in [4.69, 9.17) is 5.73 Å². The fourth-order valence-corrected chi connectivity index (χ4v) is 2.80. The summed E-state index contributed by atoms with van der Waals surface area (Å²) in [6.07, 6.45) is 5.97. The number of nitrogens with zero attached hydrogens (tertiary/aromatic N) is 2. The summed E-state index contributed by atoms with van der Waals surface area (Å²) in [4.78, 5) is 6.37. The predicted octanol–water partition coefficient (Wildman–Crippen LogP) is 1.28. The van der Waals surface area contributed by atoms with Crippen molar-refractivity contribution in [2.45, 2.75) is 44.4 Å². The fraction of sp³-hybridized carbons (Fsp3) is 0.643. The third kappa shape index (κ3) is 3.51. The van der Waals surface area contributed by atoms with Gasteiger partial charge in [-0.15, -0.1) is 0 Å². The van der Waals surface area contributed by atoms with Crippen LogP contribution in [0.4, 0.5) is 0 Å². The molecule has 1 aliphatic carbocycles. The summed E-state index contributed by atoms with van der Waals surface area (Å²) in [5.74, 6) is 0. The third-order valence-electron chi connectivity index (χ3n) is 3.64. The SMILES string of the molecule is CN(Cc1ccnc(CN)c1)CC1(O)CCCC1. The van der Waals surface area contributed by atoms with E-state index < -0.39 is 5.60 Å². The highest BCUT2D eigenvalue weighted by molar-refractivity contribution is 5.16. The Labute approximate surface area is 109 Å². The average Bonchev–Trinajstić information content (AvgIpc) is 2.75. The van der Waals surface area contributed by atoms with Crippen molar-refractivity contribution >= 4 is 0 Å². The number of hydrogen-bond acceptors (Lipinski definition) is 4. The van der Waals surface area contributed by atoms with Gasteiger partial charge in [0.05, 0.1) is 11.3 Å². The van der Waals surface area contributed by atoms with Gasteiger partial charge in [0.2, 0.25) is 0 Å². The van der Waals surface area contributed by atoms with E-state index in [1.165, 1.54) is 5.56 Å². The van der Waals surface area contributed by atoms with E-state index in [-0.39, 0.29) is 0 Å². The summed E-state index contributed by atoms with van der Waals surface area (Å²) >= 11 is 0. The summed E-state index contributed by atoms with van der Waals surface area (Å²) in [6.45, 7) is 2.05. The monoisotopic (exact) mass is 249 g/mol. The lowest BCUT2D eigenvalue weighted by Crippen LogP contribution is -2.38. The Kier molecular flexibility index (Phi) is 4.32. The molecule has 0 amide bonds. The molecule has 100 valence electrons. The first-order valence-corrected chi connectivity index (χ1v) is 6.66. The molecule has 0 atom stereocenters. The molecule has 0 saturated heterocycles. The quantitative estimate of drug-likeness (QED) is 0.825. The zero-order chi connectivity index (χ0) is 13.0. The van der Waals surface area contributed by atoms with Crippen molar-refractivity contribution in [1.29, 1.82) is 0 Å². The molecule has 1 heterocycles. The van der Waals surface area contributed by atoms with Crippen molar-refractivity contribution in [1.82, 2.24) is 9.88 Å². The van der Waals surface area contributed by atoms with Gasteiger partial charge in [-0.25, -0.2) is 0 Å². The van der Waals surface area contributed by atoms with Gasteiger partial charge in [-0.1, -0.05) is 12.8 Å². The van der Waals surface area contributed by atoms with Crippen molar-refractivity contribution in [3.8, 4) is 0 Å². The smallest absolute Gasteiger partial charge is 0.0774 e. The van der Waals surface area contributed by atoms with Crippen LogP contribution in [0.2, 0.25) is 0 Å². The molecule has 1 aromatic heterocycles. The summed E-state index contributed by atoms with van der Waals surface area (Å²) in [5, 5.41) is 10.4. The van der Waals surface area contributed by atoms with Crippen LogP contribution in [0.25, 0.3) is 0 Å². The van der Waals surface area contributed by atoms with Gasteiger partial charge in [-0.3, -0.25) is 9.88 Å². The maximum Gasteiger partial charge on any atom is 0.0774 e. The molecule has 0 radical (unpaired) electrons. The number of likely N-dealkylation sites (N-methyl/N-ethyl adjacent to an activating group) is 1. The largest absolute Gasteiger partial charge is 0.389 e. The molecule has 4 heteroatoms. The van der Waals surface area contributed by atoms with Crippen LogP contribution >= 0.6 is 0 Å². The molecule has 0 aromatic carbocycles. The second-order valence-corrected chi connectivity index (χ2v) is 5.46. The van der Waals surface area contributed by atoms with Crippen LogP contribution < -0.4 is 5.73 Å². The second kappa shape index (κ2) is 5.78. The molecular weight excluding hydrogens is 226 g/mol. The topological polar surface area (TPSA) is 62.4 Å². The van der Waals surface area contributed by atoms with Gasteiger partial charge in [-0.2, -0.15) is 0 Å². The fourth-order valence-electron chi connectivity index (χ4n) is 2.80. The standard InChI is InChI=1S/C14H23N3O/c1-17(11-14(18)5-2-3-6-14)10-12-4-7-16-13(8-12)9-15/h4,7-8,18H,2-3,5-6,9-11,15H2,1H3. The lowest BCUT2D eigenvalue weighted by molar-refractivity contribution is 0.0145. The highest BCUT2D eigenvalue weighted by Crippen LogP contribution is 2.30. The summed E-state index contributed by atoms with van der Waals surface area (Å²) in [7, 11) is 2.05. The van der Waals surface area contributed by atoms with Gasteiger partial charge in [0.25, 0.3) is 0 Å². The average molecular weight is 249 g/mol. The van der Waals surface area contributed by atoms with Crippen LogP contribution in [0.15, 0.2) is 18.3 Å². The molecule has 18 heavy (non-hydrogen) atoms. The van der Waals surface area contributed by atoms with Crippen molar-refractivity contribution in [2.24, 2.45) is 5.73 Å². The first-order chi connectivity index (χ1) is 8.61. The van der Waals surface area contributed by atoms with Gasteiger partial charge in [0.15, 0.2) is 0 Å². The van der Waals surface area contributed by atoms with E-state index >= 15 is 0 Å². The number of nitrogens with two attached hydrogens (primary N) is 1. The van der Waals surface area contributed by atoms with Gasteiger partial charge >= 0.3 is 0 Å². The lowest BCUT2D eigenvalue weighted by Gasteiger charge is -2.28. The molecule has 0 bridgehead atoms. The van der Waals surface area contributed by atoms with E-state index in [1.807, 2.05) is 12.1 Å². The van der Waals surface area contributed by atoms with Gasteiger partial charge in [-0.05, 0) is 37.6 Å². The summed E-state index contributed by atoms with van der Waals surface area (Å²) in [5.41, 5.74) is 7.23. The molecular formula is C14H23N3O. The minimum absolute atomic E-state index is 0.474. The normalized spacial score (nSPS) is 18.4. The molecule has 1 saturated carbocycles. The molecule has 1 fully saturated rings. The molecule has 0 aliphatic heterocycles. The maximum atomic E-state index is 10.4. The van der Waals surface area contributed by atoms with Crippen LogP contribution in [0.5, 0.6) is 0 Å². The van der Waals surface area contributed by atoms with Crippen LogP contribution in [0.1, 0.15) is 36.9 Å². The predicted molar refractivity (Wildman–Crippen MR) is 71.9 cm³/mol. The highest BCUT2D eigenvalue weighted by atomic mass is 16.3. The van der Waals surface area contributed by atoms with Crippen molar-refractivity contribution in [3.05, 3.63) is 29.6 Å². The second-order valence-electron chi connectivity index (χ2n) is 5.46. The molecule has 1 aliphatic rings. The molecule has 0 unspecified atom stereocenters. The zero-order valence-corrected chi connectivity index (χ0v) is 11.1. The van der Waals surface area contributed by atoms with E-state index in [2.05, 4.69) is 16.9 Å². The van der Waals surface area contributed by atoms with Crippen molar-refractivity contribution in [3.63, 3.8) is 0 Å². The summed E-state index contributed by atoms with van der Waals surface area (Å²) < 4.78 is 0. The van der Waals surface area contributed by atoms with Crippen molar-refractivity contribution < 1.29 is 5.11 Å². The zero-order valence-electron chi connectivity index (χ0n) is 11.1. The van der Waals surface area contributed by atoms with E-state index in [0.29, 0.717) is 6.54 Å². The Balaban J connectivity index is 1.91. The Bertz CT molecular complexity index is 388. The number of pyridine rings is 1. The minimum Gasteiger partial charge on any atom is -0.389 e. The summed E-state index contributed by atoms with van der Waals surface area (Å²) in [6, 6.07) is 4.05. The lowest BCUT2D eigenvalue weighted by atomic mass is 10.0. The first kappa shape index (κ1) is 13.5. The molecule has 2 rings (SSSR count). The van der Waals surface area contributed by atoms with E-state index in [1.54, 1.807) is 6.20 Å². The maximum absolute atomic E-state index is 10.4. The number of aliphatic hydroxyl groups is 1. The Morgan fingerprint density at radius 1 is 1.44 bits per heavy atom. The number of rotatable bonds is 5. The first-order valence-electron chi connectivity index (χ1n) is 6.66. The van der Waals surface area contributed by atoms with Crippen LogP contribution in [-0.4, -0.2) is 34.2 Å². The number of aromatic nitrogens is 1. The highest BCUT2D eigenvalue weighted by Gasteiger charge is 2.31. The van der Waals surface area contributed by atoms with Crippen molar-refractivity contribution in [2.75, 3.05) is 13.6 Å². The molecule has 4 nitrogen and oxygen atoms in total. The van der Waals surface area contributed by atoms with Crippen LogP contribution in [0.3, 0.4) is 0 Å². The Morgan fingerprint density at radius 2 is 2.17 bits per heavy atom. The Morgan fingerprint density at radius 3 is 2.83 bits per heavy atom. The third-order valence-corrected chi connectivity index (χ3v) is 3.64. The van der Waals surface area contributed by atoms with Crippen LogP contribution in [-0.2, 0) is 13.1 Å². The molecule has 3 N–H and O–H groups in total. The van der Waals surface area contributed by atoms with Gasteiger partial charge in [0, 0.05) is 25.8 Å². The van der Waals surface area contributed by atoms with Gasteiger partial charge < -0.3 is 10.8 Å². The molecule has 0 spiro atoms. The molecule has 1 aromatic rings. The Hall–Kier alpha value is -0.970.